The highest BCUT2D eigenvalue weighted by molar-refractivity contribution is 4.94. The predicted octanol–water partition coefficient (Wildman–Crippen LogP) is 2.42. The van der Waals surface area contributed by atoms with Crippen molar-refractivity contribution >= 4 is 0 Å². The van der Waals surface area contributed by atoms with Gasteiger partial charge in [0.25, 0.3) is 5.92 Å². The molecule has 0 aromatic rings. The number of alkyl halides is 2. The maximum Gasteiger partial charge on any atom is 0.257 e. The first-order valence-corrected chi connectivity index (χ1v) is 5.16. The lowest BCUT2D eigenvalue weighted by molar-refractivity contribution is 0.0180. The lowest BCUT2D eigenvalue weighted by Crippen LogP contribution is -2.40. The van der Waals surface area contributed by atoms with Gasteiger partial charge >= 0.3 is 0 Å². The molecule has 3 atom stereocenters. The molecule has 1 nitrogen and oxygen atoms in total. The molecule has 13 heavy (non-hydrogen) atoms. The second-order valence-corrected chi connectivity index (χ2v) is 4.73. The highest BCUT2D eigenvalue weighted by Gasteiger charge is 2.40. The molecule has 2 bridgehead atoms. The highest BCUT2D eigenvalue weighted by Crippen LogP contribution is 2.44. The number of nitrogens with one attached hydrogen (secondary N) is 1. The van der Waals surface area contributed by atoms with Crippen LogP contribution < -0.4 is 5.32 Å². The van der Waals surface area contributed by atoms with E-state index in [2.05, 4.69) is 5.32 Å². The van der Waals surface area contributed by atoms with Crippen LogP contribution in [0, 0.1) is 11.8 Å². The first-order valence-electron chi connectivity index (χ1n) is 5.16. The maximum absolute atomic E-state index is 12.6. The van der Waals surface area contributed by atoms with Crippen molar-refractivity contribution in [3.05, 3.63) is 0 Å². The second kappa shape index (κ2) is 3.19. The van der Waals surface area contributed by atoms with Crippen molar-refractivity contribution < 1.29 is 8.78 Å². The number of hydrogen-bond donors (Lipinski definition) is 1. The van der Waals surface area contributed by atoms with Crippen molar-refractivity contribution in [3.63, 3.8) is 0 Å². The summed E-state index contributed by atoms with van der Waals surface area (Å²) in [6, 6.07) is 0.379. The molecule has 2 rings (SSSR count). The van der Waals surface area contributed by atoms with Crippen LogP contribution in [0.2, 0.25) is 0 Å². The smallest absolute Gasteiger partial charge is 0.257 e. The van der Waals surface area contributed by atoms with Gasteiger partial charge in [-0.05, 0) is 31.1 Å². The summed E-state index contributed by atoms with van der Waals surface area (Å²) >= 11 is 0. The Kier molecular flexibility index (Phi) is 2.30. The molecule has 2 saturated carbocycles. The molecule has 0 radical (unpaired) electrons. The normalized spacial score (nSPS) is 38.5. The number of fused-ring (bicyclic) bond motifs is 2. The van der Waals surface area contributed by atoms with Crippen LogP contribution in [0.25, 0.3) is 0 Å². The Balaban J connectivity index is 1.78. The van der Waals surface area contributed by atoms with Gasteiger partial charge in [-0.3, -0.25) is 0 Å². The Morgan fingerprint density at radius 2 is 2.08 bits per heavy atom. The Bertz CT molecular complexity index is 188. The monoisotopic (exact) mass is 189 g/mol. The van der Waals surface area contributed by atoms with Gasteiger partial charge in [-0.15, -0.1) is 0 Å². The van der Waals surface area contributed by atoms with Crippen LogP contribution in [0.15, 0.2) is 0 Å². The Hall–Kier alpha value is -0.180. The molecular weight excluding hydrogens is 172 g/mol. The van der Waals surface area contributed by atoms with Crippen LogP contribution in [0.5, 0.6) is 0 Å². The van der Waals surface area contributed by atoms with E-state index in [1.54, 1.807) is 0 Å². The summed E-state index contributed by atoms with van der Waals surface area (Å²) in [6.45, 7) is 0.827. The molecule has 0 saturated heterocycles. The van der Waals surface area contributed by atoms with Crippen molar-refractivity contribution in [2.75, 3.05) is 6.54 Å². The van der Waals surface area contributed by atoms with Crippen LogP contribution in [-0.2, 0) is 0 Å². The summed E-state index contributed by atoms with van der Waals surface area (Å²) < 4.78 is 25.1. The molecule has 3 heteroatoms. The second-order valence-electron chi connectivity index (χ2n) is 4.73. The highest BCUT2D eigenvalue weighted by atomic mass is 19.3. The van der Waals surface area contributed by atoms with E-state index in [0.717, 1.165) is 19.3 Å². The Morgan fingerprint density at radius 1 is 1.31 bits per heavy atom. The SMILES string of the molecule is CC(F)(F)CNC1CC2CCC1C2. The van der Waals surface area contributed by atoms with Crippen molar-refractivity contribution in [3.8, 4) is 0 Å². The predicted molar refractivity (Wildman–Crippen MR) is 47.9 cm³/mol. The van der Waals surface area contributed by atoms with Gasteiger partial charge in [0, 0.05) is 13.0 Å². The number of hydrogen-bond acceptors (Lipinski definition) is 1. The fraction of sp³-hybridized carbons (Fsp3) is 1.00. The zero-order chi connectivity index (χ0) is 9.47. The lowest BCUT2D eigenvalue weighted by Gasteiger charge is -2.24. The van der Waals surface area contributed by atoms with Crippen LogP contribution in [0.1, 0.15) is 32.6 Å². The maximum atomic E-state index is 12.6. The van der Waals surface area contributed by atoms with Gasteiger partial charge in [0.1, 0.15) is 0 Å². The van der Waals surface area contributed by atoms with Crippen LogP contribution >= 0.6 is 0 Å². The Morgan fingerprint density at radius 3 is 2.54 bits per heavy atom. The third-order valence-corrected chi connectivity index (χ3v) is 3.41. The summed E-state index contributed by atoms with van der Waals surface area (Å²) in [5, 5.41) is 3.00. The molecule has 1 N–H and O–H groups in total. The Labute approximate surface area is 77.9 Å². The molecule has 0 spiro atoms. The zero-order valence-corrected chi connectivity index (χ0v) is 8.02. The molecule has 2 fully saturated rings. The van der Waals surface area contributed by atoms with Gasteiger partial charge in [-0.25, -0.2) is 8.78 Å². The number of halogens is 2. The van der Waals surface area contributed by atoms with Crippen molar-refractivity contribution in [2.45, 2.75) is 44.6 Å². The molecular formula is C10H17F2N. The van der Waals surface area contributed by atoms with Gasteiger partial charge in [0.05, 0.1) is 6.54 Å². The lowest BCUT2D eigenvalue weighted by atomic mass is 9.95. The average molecular weight is 189 g/mol. The minimum absolute atomic E-state index is 0.152. The molecule has 0 heterocycles. The average Bonchev–Trinajstić information content (AvgIpc) is 2.58. The summed E-state index contributed by atoms with van der Waals surface area (Å²) in [7, 11) is 0. The summed E-state index contributed by atoms with van der Waals surface area (Å²) in [5.41, 5.74) is 0. The minimum atomic E-state index is -2.55. The van der Waals surface area contributed by atoms with Crippen LogP contribution in [0.4, 0.5) is 8.78 Å². The fourth-order valence-electron chi connectivity index (χ4n) is 2.81. The van der Waals surface area contributed by atoms with E-state index in [9.17, 15) is 8.78 Å². The molecule has 0 aliphatic heterocycles. The molecule has 2 aliphatic rings. The first-order chi connectivity index (χ1) is 6.04. The van der Waals surface area contributed by atoms with E-state index < -0.39 is 5.92 Å². The van der Waals surface area contributed by atoms with E-state index in [-0.39, 0.29) is 6.54 Å². The van der Waals surface area contributed by atoms with Gasteiger partial charge in [0.15, 0.2) is 0 Å². The molecule has 0 aromatic carbocycles. The van der Waals surface area contributed by atoms with Crippen LogP contribution in [-0.4, -0.2) is 18.5 Å². The van der Waals surface area contributed by atoms with E-state index in [4.69, 9.17) is 0 Å². The van der Waals surface area contributed by atoms with Gasteiger partial charge in [-0.2, -0.15) is 0 Å². The molecule has 76 valence electrons. The van der Waals surface area contributed by atoms with E-state index in [1.165, 1.54) is 19.3 Å². The zero-order valence-electron chi connectivity index (χ0n) is 8.02. The molecule has 3 unspecified atom stereocenters. The third kappa shape index (κ3) is 2.19. The summed E-state index contributed by atoms with van der Waals surface area (Å²) in [6.07, 6.45) is 4.97. The third-order valence-electron chi connectivity index (χ3n) is 3.41. The van der Waals surface area contributed by atoms with Gasteiger partial charge in [0.2, 0.25) is 0 Å². The number of rotatable bonds is 3. The topological polar surface area (TPSA) is 12.0 Å². The van der Waals surface area contributed by atoms with Crippen molar-refractivity contribution in [1.82, 2.24) is 5.32 Å². The van der Waals surface area contributed by atoms with Gasteiger partial charge in [-0.1, -0.05) is 6.42 Å². The fourth-order valence-corrected chi connectivity index (χ4v) is 2.81. The largest absolute Gasteiger partial charge is 0.308 e. The molecule has 0 aromatic heterocycles. The van der Waals surface area contributed by atoms with Crippen molar-refractivity contribution in [2.24, 2.45) is 11.8 Å². The van der Waals surface area contributed by atoms with E-state index in [0.29, 0.717) is 12.0 Å². The van der Waals surface area contributed by atoms with Crippen LogP contribution in [0.3, 0.4) is 0 Å². The standard InChI is InChI=1S/C10H17F2N/c1-10(11,12)6-13-9-5-7-2-3-8(9)4-7/h7-9,13H,2-6H2,1H3. The molecule has 2 aliphatic carbocycles. The molecule has 0 amide bonds. The quantitative estimate of drug-likeness (QED) is 0.719. The van der Waals surface area contributed by atoms with E-state index in [1.807, 2.05) is 0 Å². The summed E-state index contributed by atoms with van der Waals surface area (Å²) in [4.78, 5) is 0. The van der Waals surface area contributed by atoms with Crippen molar-refractivity contribution in [1.29, 1.82) is 0 Å². The van der Waals surface area contributed by atoms with E-state index >= 15 is 0 Å². The minimum Gasteiger partial charge on any atom is -0.308 e. The first kappa shape index (κ1) is 9.38. The summed E-state index contributed by atoms with van der Waals surface area (Å²) in [5.74, 6) is -1.04. The van der Waals surface area contributed by atoms with Gasteiger partial charge < -0.3 is 5.32 Å².